The highest BCUT2D eigenvalue weighted by molar-refractivity contribution is 5.57. The van der Waals surface area contributed by atoms with E-state index >= 15 is 0 Å². The molecule has 0 amide bonds. The Bertz CT molecular complexity index is 621. The molecule has 0 radical (unpaired) electrons. The van der Waals surface area contributed by atoms with Gasteiger partial charge in [0, 0.05) is 6.04 Å². The molecule has 0 fully saturated rings. The zero-order valence-corrected chi connectivity index (χ0v) is 12.9. The summed E-state index contributed by atoms with van der Waals surface area (Å²) in [6.07, 6.45) is 5.13. The van der Waals surface area contributed by atoms with Crippen LogP contribution in [0.3, 0.4) is 0 Å². The third-order valence-corrected chi connectivity index (χ3v) is 4.35. The quantitative estimate of drug-likeness (QED) is 0.873. The van der Waals surface area contributed by atoms with Crippen LogP contribution in [0.5, 0.6) is 5.75 Å². The molecule has 110 valence electrons. The highest BCUT2D eigenvalue weighted by atomic mass is 16.5. The number of nitrogens with one attached hydrogen (secondary N) is 1. The lowest BCUT2D eigenvalue weighted by Crippen LogP contribution is -2.10. The number of hydrogen-bond donors (Lipinski definition) is 1. The highest BCUT2D eigenvalue weighted by Crippen LogP contribution is 2.29. The third kappa shape index (κ3) is 3.05. The van der Waals surface area contributed by atoms with Crippen LogP contribution in [-0.2, 0) is 12.8 Å². The van der Waals surface area contributed by atoms with Crippen LogP contribution in [0, 0.1) is 0 Å². The minimum absolute atomic E-state index is 0.272. The molecule has 0 aromatic heterocycles. The SMILES string of the molecule is COc1ccccc1NC(C)c1ccc2c(c1)CCCC2. The van der Waals surface area contributed by atoms with E-state index in [0.717, 1.165) is 11.4 Å². The monoisotopic (exact) mass is 281 g/mol. The Kier molecular flexibility index (Phi) is 4.14. The molecule has 2 heteroatoms. The molecule has 0 spiro atoms. The molecule has 0 aliphatic heterocycles. The van der Waals surface area contributed by atoms with Crippen LogP contribution in [0.25, 0.3) is 0 Å². The van der Waals surface area contributed by atoms with E-state index in [0.29, 0.717) is 0 Å². The average Bonchev–Trinajstić information content (AvgIpc) is 2.55. The fourth-order valence-electron chi connectivity index (χ4n) is 3.10. The Morgan fingerprint density at radius 1 is 1.00 bits per heavy atom. The summed E-state index contributed by atoms with van der Waals surface area (Å²) >= 11 is 0. The lowest BCUT2D eigenvalue weighted by atomic mass is 9.89. The maximum absolute atomic E-state index is 5.41. The van der Waals surface area contributed by atoms with Crippen molar-refractivity contribution in [2.75, 3.05) is 12.4 Å². The van der Waals surface area contributed by atoms with Gasteiger partial charge in [-0.25, -0.2) is 0 Å². The molecule has 1 unspecified atom stereocenters. The Morgan fingerprint density at radius 3 is 2.57 bits per heavy atom. The zero-order valence-electron chi connectivity index (χ0n) is 12.9. The van der Waals surface area contributed by atoms with Gasteiger partial charge in [0.15, 0.2) is 0 Å². The van der Waals surface area contributed by atoms with Gasteiger partial charge in [-0.15, -0.1) is 0 Å². The van der Waals surface area contributed by atoms with Crippen molar-refractivity contribution in [3.8, 4) is 5.75 Å². The summed E-state index contributed by atoms with van der Waals surface area (Å²) in [7, 11) is 1.71. The lowest BCUT2D eigenvalue weighted by molar-refractivity contribution is 0.416. The number of anilines is 1. The van der Waals surface area contributed by atoms with Gasteiger partial charge >= 0.3 is 0 Å². The number of para-hydroxylation sites is 2. The van der Waals surface area contributed by atoms with Crippen molar-refractivity contribution in [3.05, 3.63) is 59.2 Å². The van der Waals surface area contributed by atoms with Crippen LogP contribution in [0.4, 0.5) is 5.69 Å². The van der Waals surface area contributed by atoms with Gasteiger partial charge in [0.1, 0.15) is 5.75 Å². The van der Waals surface area contributed by atoms with Gasteiger partial charge in [-0.1, -0.05) is 30.3 Å². The van der Waals surface area contributed by atoms with Crippen molar-refractivity contribution in [2.45, 2.75) is 38.6 Å². The summed E-state index contributed by atoms with van der Waals surface area (Å²) in [4.78, 5) is 0. The summed E-state index contributed by atoms with van der Waals surface area (Å²) in [5, 5.41) is 3.56. The molecule has 0 saturated carbocycles. The predicted octanol–water partition coefficient (Wildman–Crippen LogP) is 4.75. The van der Waals surface area contributed by atoms with E-state index in [1.54, 1.807) is 7.11 Å². The van der Waals surface area contributed by atoms with E-state index in [9.17, 15) is 0 Å². The van der Waals surface area contributed by atoms with Gasteiger partial charge < -0.3 is 10.1 Å². The first-order chi connectivity index (χ1) is 10.3. The van der Waals surface area contributed by atoms with E-state index in [4.69, 9.17) is 4.74 Å². The average molecular weight is 281 g/mol. The van der Waals surface area contributed by atoms with Crippen molar-refractivity contribution in [2.24, 2.45) is 0 Å². The molecule has 1 atom stereocenters. The molecule has 1 aliphatic carbocycles. The maximum atomic E-state index is 5.41. The first-order valence-electron chi connectivity index (χ1n) is 7.79. The van der Waals surface area contributed by atoms with Crippen LogP contribution < -0.4 is 10.1 Å². The number of hydrogen-bond acceptors (Lipinski definition) is 2. The summed E-state index contributed by atoms with van der Waals surface area (Å²) in [6, 6.07) is 15.3. The molecular formula is C19H23NO. The van der Waals surface area contributed by atoms with Crippen LogP contribution in [-0.4, -0.2) is 7.11 Å². The van der Waals surface area contributed by atoms with E-state index in [1.807, 2.05) is 18.2 Å². The third-order valence-electron chi connectivity index (χ3n) is 4.35. The summed E-state index contributed by atoms with van der Waals surface area (Å²) < 4.78 is 5.41. The van der Waals surface area contributed by atoms with Crippen LogP contribution in [0.15, 0.2) is 42.5 Å². The first kappa shape index (κ1) is 14.0. The standard InChI is InChI=1S/C19H23NO/c1-14(20-18-9-5-6-10-19(18)21-2)16-12-11-15-7-3-4-8-17(15)13-16/h5-6,9-14,20H,3-4,7-8H2,1-2H3. The minimum Gasteiger partial charge on any atom is -0.495 e. The molecule has 3 rings (SSSR count). The summed E-state index contributed by atoms with van der Waals surface area (Å²) in [6.45, 7) is 2.21. The molecular weight excluding hydrogens is 258 g/mol. The van der Waals surface area contributed by atoms with E-state index in [-0.39, 0.29) is 6.04 Å². The number of rotatable bonds is 4. The van der Waals surface area contributed by atoms with Gasteiger partial charge in [0.2, 0.25) is 0 Å². The predicted molar refractivity (Wildman–Crippen MR) is 88.1 cm³/mol. The first-order valence-corrected chi connectivity index (χ1v) is 7.79. The molecule has 2 aromatic carbocycles. The Balaban J connectivity index is 1.80. The molecule has 1 N–H and O–H groups in total. The second-order valence-corrected chi connectivity index (χ2v) is 5.80. The second-order valence-electron chi connectivity index (χ2n) is 5.80. The molecule has 0 heterocycles. The van der Waals surface area contributed by atoms with E-state index in [1.165, 1.54) is 42.4 Å². The number of benzene rings is 2. The Hall–Kier alpha value is -1.96. The number of aryl methyl sites for hydroxylation is 2. The Morgan fingerprint density at radius 2 is 1.76 bits per heavy atom. The second kappa shape index (κ2) is 6.21. The van der Waals surface area contributed by atoms with Gasteiger partial charge in [0.05, 0.1) is 12.8 Å². The molecule has 0 bridgehead atoms. The lowest BCUT2D eigenvalue weighted by Gasteiger charge is -2.21. The minimum atomic E-state index is 0.272. The topological polar surface area (TPSA) is 21.3 Å². The van der Waals surface area contributed by atoms with Gasteiger partial charge in [-0.2, -0.15) is 0 Å². The summed E-state index contributed by atoms with van der Waals surface area (Å²) in [5.74, 6) is 0.891. The van der Waals surface area contributed by atoms with Crippen molar-refractivity contribution in [3.63, 3.8) is 0 Å². The summed E-state index contributed by atoms with van der Waals surface area (Å²) in [5.41, 5.74) is 5.47. The van der Waals surface area contributed by atoms with Gasteiger partial charge in [-0.05, 0) is 61.4 Å². The fraction of sp³-hybridized carbons (Fsp3) is 0.368. The number of fused-ring (bicyclic) bond motifs is 1. The van der Waals surface area contributed by atoms with Crippen LogP contribution in [0.2, 0.25) is 0 Å². The van der Waals surface area contributed by atoms with Gasteiger partial charge in [0.25, 0.3) is 0 Å². The smallest absolute Gasteiger partial charge is 0.141 e. The maximum Gasteiger partial charge on any atom is 0.141 e. The van der Waals surface area contributed by atoms with Crippen molar-refractivity contribution in [1.29, 1.82) is 0 Å². The van der Waals surface area contributed by atoms with E-state index < -0.39 is 0 Å². The molecule has 0 saturated heterocycles. The molecule has 1 aliphatic rings. The normalized spacial score (nSPS) is 15.1. The highest BCUT2D eigenvalue weighted by Gasteiger charge is 2.13. The largest absolute Gasteiger partial charge is 0.495 e. The van der Waals surface area contributed by atoms with Gasteiger partial charge in [-0.3, -0.25) is 0 Å². The van der Waals surface area contributed by atoms with Crippen molar-refractivity contribution >= 4 is 5.69 Å². The molecule has 21 heavy (non-hydrogen) atoms. The van der Waals surface area contributed by atoms with Crippen molar-refractivity contribution < 1.29 is 4.74 Å². The number of ether oxygens (including phenoxy) is 1. The van der Waals surface area contributed by atoms with Crippen LogP contribution >= 0.6 is 0 Å². The number of methoxy groups -OCH3 is 1. The van der Waals surface area contributed by atoms with E-state index in [2.05, 4.69) is 36.5 Å². The molecule has 2 nitrogen and oxygen atoms in total. The molecule has 2 aromatic rings. The zero-order chi connectivity index (χ0) is 14.7. The van der Waals surface area contributed by atoms with Crippen molar-refractivity contribution in [1.82, 2.24) is 0 Å². The van der Waals surface area contributed by atoms with Crippen LogP contribution in [0.1, 0.15) is 42.5 Å². The Labute approximate surface area is 127 Å². The fourth-order valence-corrected chi connectivity index (χ4v) is 3.10.